The number of rotatable bonds is 6. The third kappa shape index (κ3) is 4.28. The number of aryl methyl sites for hydroxylation is 2. The van der Waals surface area contributed by atoms with Crippen LogP contribution in [0.25, 0.3) is 11.3 Å². The minimum Gasteiger partial charge on any atom is -0.440 e. The number of aliphatic hydroxyl groups is 1. The van der Waals surface area contributed by atoms with E-state index in [1.165, 1.54) is 0 Å². The summed E-state index contributed by atoms with van der Waals surface area (Å²) in [5.74, 6) is 1.51. The highest BCUT2D eigenvalue weighted by Gasteiger charge is 2.29. The Balaban J connectivity index is 1.61. The fourth-order valence-electron chi connectivity index (χ4n) is 3.58. The van der Waals surface area contributed by atoms with Gasteiger partial charge in [-0.05, 0) is 33.1 Å². The number of likely N-dealkylation sites (tertiary alicyclic amines) is 1. The van der Waals surface area contributed by atoms with E-state index in [4.69, 9.17) is 4.42 Å². The molecule has 2 heterocycles. The molecule has 0 saturated carbocycles. The van der Waals surface area contributed by atoms with Gasteiger partial charge in [-0.15, -0.1) is 0 Å². The predicted molar refractivity (Wildman–Crippen MR) is 96.0 cm³/mol. The lowest BCUT2D eigenvalue weighted by Gasteiger charge is -2.25. The minimum absolute atomic E-state index is 0.125. The van der Waals surface area contributed by atoms with Crippen LogP contribution >= 0.6 is 0 Å². The first kappa shape index (κ1) is 17.7. The van der Waals surface area contributed by atoms with Crippen molar-refractivity contribution < 1.29 is 14.3 Å². The molecule has 0 spiro atoms. The van der Waals surface area contributed by atoms with Crippen LogP contribution in [-0.2, 0) is 11.2 Å². The van der Waals surface area contributed by atoms with Crippen LogP contribution < -0.4 is 0 Å². The standard InChI is InChI=1S/C20H26N2O3/c1-14(23)13-17-9-6-12-22(17)19(24)11-10-18-21-15(2)20(25-18)16-7-4-3-5-8-16/h3-5,7-8,14,17,23H,6,9-13H2,1-2H3. The molecule has 5 heteroatoms. The number of aliphatic hydroxyl groups excluding tert-OH is 1. The summed E-state index contributed by atoms with van der Waals surface area (Å²) in [6.45, 7) is 4.49. The molecule has 0 radical (unpaired) electrons. The van der Waals surface area contributed by atoms with E-state index < -0.39 is 0 Å². The van der Waals surface area contributed by atoms with Crippen molar-refractivity contribution in [2.75, 3.05) is 6.54 Å². The Hall–Kier alpha value is -2.14. The molecule has 1 aromatic carbocycles. The van der Waals surface area contributed by atoms with Crippen LogP contribution in [0.15, 0.2) is 34.7 Å². The monoisotopic (exact) mass is 342 g/mol. The summed E-state index contributed by atoms with van der Waals surface area (Å²) in [6.07, 6.45) is 3.17. The third-order valence-corrected chi connectivity index (χ3v) is 4.74. The molecule has 3 rings (SSSR count). The Morgan fingerprint density at radius 1 is 1.40 bits per heavy atom. The van der Waals surface area contributed by atoms with E-state index in [0.29, 0.717) is 25.2 Å². The second-order valence-corrected chi connectivity index (χ2v) is 6.86. The van der Waals surface area contributed by atoms with Gasteiger partial charge in [0.15, 0.2) is 11.7 Å². The number of hydrogen-bond donors (Lipinski definition) is 1. The van der Waals surface area contributed by atoms with Crippen LogP contribution in [-0.4, -0.2) is 39.6 Å². The maximum absolute atomic E-state index is 12.5. The van der Waals surface area contributed by atoms with E-state index in [-0.39, 0.29) is 18.1 Å². The predicted octanol–water partition coefficient (Wildman–Crippen LogP) is 3.34. The zero-order chi connectivity index (χ0) is 17.8. The lowest BCUT2D eigenvalue weighted by atomic mass is 10.1. The number of aromatic nitrogens is 1. The lowest BCUT2D eigenvalue weighted by molar-refractivity contribution is -0.132. The van der Waals surface area contributed by atoms with E-state index in [2.05, 4.69) is 4.98 Å². The third-order valence-electron chi connectivity index (χ3n) is 4.74. The Labute approximate surface area is 148 Å². The van der Waals surface area contributed by atoms with Crippen molar-refractivity contribution in [1.29, 1.82) is 0 Å². The quantitative estimate of drug-likeness (QED) is 0.874. The molecule has 1 fully saturated rings. The van der Waals surface area contributed by atoms with Gasteiger partial charge in [0, 0.05) is 31.0 Å². The Bertz CT molecular complexity index is 709. The number of carbonyl (C=O) groups is 1. The topological polar surface area (TPSA) is 66.6 Å². The van der Waals surface area contributed by atoms with Gasteiger partial charge >= 0.3 is 0 Å². The van der Waals surface area contributed by atoms with Crippen molar-refractivity contribution >= 4 is 5.91 Å². The highest BCUT2D eigenvalue weighted by molar-refractivity contribution is 5.77. The molecule has 2 unspecified atom stereocenters. The largest absolute Gasteiger partial charge is 0.440 e. The lowest BCUT2D eigenvalue weighted by Crippen LogP contribution is -2.37. The van der Waals surface area contributed by atoms with Gasteiger partial charge in [-0.1, -0.05) is 30.3 Å². The van der Waals surface area contributed by atoms with Gasteiger partial charge in [0.05, 0.1) is 11.8 Å². The molecule has 1 saturated heterocycles. The number of nitrogens with zero attached hydrogens (tertiary/aromatic N) is 2. The highest BCUT2D eigenvalue weighted by Crippen LogP contribution is 2.26. The van der Waals surface area contributed by atoms with Gasteiger partial charge in [0.25, 0.3) is 0 Å². The molecule has 1 aliphatic rings. The van der Waals surface area contributed by atoms with Crippen LogP contribution in [0, 0.1) is 6.92 Å². The van der Waals surface area contributed by atoms with Crippen molar-refractivity contribution in [3.8, 4) is 11.3 Å². The molecule has 2 aromatic rings. The molecule has 25 heavy (non-hydrogen) atoms. The number of amides is 1. The highest BCUT2D eigenvalue weighted by atomic mass is 16.4. The van der Waals surface area contributed by atoms with Crippen LogP contribution in [0.2, 0.25) is 0 Å². The first-order valence-corrected chi connectivity index (χ1v) is 9.04. The van der Waals surface area contributed by atoms with Gasteiger partial charge in [0.1, 0.15) is 0 Å². The number of oxazole rings is 1. The maximum Gasteiger partial charge on any atom is 0.223 e. The van der Waals surface area contributed by atoms with E-state index >= 15 is 0 Å². The molecular formula is C20H26N2O3. The molecule has 0 bridgehead atoms. The number of hydrogen-bond acceptors (Lipinski definition) is 4. The second kappa shape index (κ2) is 7.83. The van der Waals surface area contributed by atoms with Gasteiger partial charge in [-0.25, -0.2) is 4.98 Å². The molecule has 134 valence electrons. The van der Waals surface area contributed by atoms with Crippen LogP contribution in [0.3, 0.4) is 0 Å². The normalized spacial score (nSPS) is 18.5. The summed E-state index contributed by atoms with van der Waals surface area (Å²) in [5, 5.41) is 9.60. The van der Waals surface area contributed by atoms with Crippen molar-refractivity contribution in [3.63, 3.8) is 0 Å². The molecular weight excluding hydrogens is 316 g/mol. The van der Waals surface area contributed by atoms with Gasteiger partial charge in [0.2, 0.25) is 5.91 Å². The van der Waals surface area contributed by atoms with Crippen molar-refractivity contribution in [3.05, 3.63) is 41.9 Å². The average Bonchev–Trinajstić information content (AvgIpc) is 3.19. The van der Waals surface area contributed by atoms with E-state index in [1.54, 1.807) is 6.92 Å². The van der Waals surface area contributed by atoms with E-state index in [0.717, 1.165) is 36.4 Å². The Morgan fingerprint density at radius 3 is 2.88 bits per heavy atom. The van der Waals surface area contributed by atoms with Crippen LogP contribution in [0.1, 0.15) is 44.2 Å². The van der Waals surface area contributed by atoms with E-state index in [9.17, 15) is 9.90 Å². The van der Waals surface area contributed by atoms with E-state index in [1.807, 2.05) is 42.2 Å². The summed E-state index contributed by atoms with van der Waals surface area (Å²) in [5.41, 5.74) is 1.85. The van der Waals surface area contributed by atoms with Gasteiger partial charge in [-0.3, -0.25) is 4.79 Å². The summed E-state index contributed by atoms with van der Waals surface area (Å²) >= 11 is 0. The number of benzene rings is 1. The first-order valence-electron chi connectivity index (χ1n) is 9.04. The smallest absolute Gasteiger partial charge is 0.223 e. The van der Waals surface area contributed by atoms with Crippen molar-refractivity contribution in [2.45, 2.75) is 58.1 Å². The second-order valence-electron chi connectivity index (χ2n) is 6.86. The summed E-state index contributed by atoms with van der Waals surface area (Å²) < 4.78 is 5.88. The fourth-order valence-corrected chi connectivity index (χ4v) is 3.58. The minimum atomic E-state index is -0.374. The van der Waals surface area contributed by atoms with Crippen molar-refractivity contribution in [1.82, 2.24) is 9.88 Å². The Morgan fingerprint density at radius 2 is 2.16 bits per heavy atom. The molecule has 1 N–H and O–H groups in total. The van der Waals surface area contributed by atoms with Crippen LogP contribution in [0.5, 0.6) is 0 Å². The maximum atomic E-state index is 12.5. The van der Waals surface area contributed by atoms with Gasteiger partial charge < -0.3 is 14.4 Å². The Kier molecular flexibility index (Phi) is 5.53. The van der Waals surface area contributed by atoms with Crippen molar-refractivity contribution in [2.24, 2.45) is 0 Å². The molecule has 5 nitrogen and oxygen atoms in total. The molecule has 2 atom stereocenters. The SMILES string of the molecule is Cc1nc(CCC(=O)N2CCCC2CC(C)O)oc1-c1ccccc1. The molecule has 1 amide bonds. The zero-order valence-corrected chi connectivity index (χ0v) is 14.9. The fraction of sp³-hybridized carbons (Fsp3) is 0.500. The first-order chi connectivity index (χ1) is 12.0. The summed E-state index contributed by atoms with van der Waals surface area (Å²) in [7, 11) is 0. The average molecular weight is 342 g/mol. The molecule has 0 aliphatic carbocycles. The van der Waals surface area contributed by atoms with Gasteiger partial charge in [-0.2, -0.15) is 0 Å². The zero-order valence-electron chi connectivity index (χ0n) is 14.9. The number of carbonyl (C=O) groups excluding carboxylic acids is 1. The summed E-state index contributed by atoms with van der Waals surface area (Å²) in [6, 6.07) is 10.1. The summed E-state index contributed by atoms with van der Waals surface area (Å²) in [4.78, 5) is 18.9. The van der Waals surface area contributed by atoms with Crippen LogP contribution in [0.4, 0.5) is 0 Å². The molecule has 1 aliphatic heterocycles. The molecule has 1 aromatic heterocycles.